The van der Waals surface area contributed by atoms with E-state index in [-0.39, 0.29) is 29.1 Å². The molecule has 0 saturated heterocycles. The van der Waals surface area contributed by atoms with Crippen molar-refractivity contribution in [3.63, 3.8) is 0 Å². The minimum absolute atomic E-state index is 0.158. The number of allylic oxidation sites excluding steroid dienone is 2. The Kier molecular flexibility index (Phi) is 5.04. The number of nitrogen functional groups attached to an aromatic ring is 1. The van der Waals surface area contributed by atoms with Crippen LogP contribution in [0.2, 0.25) is 0 Å². The fraction of sp³-hybridized carbons (Fsp3) is 0.190. The van der Waals surface area contributed by atoms with E-state index >= 15 is 0 Å². The lowest BCUT2D eigenvalue weighted by Crippen LogP contribution is -2.29. The molecule has 0 aliphatic heterocycles. The van der Waals surface area contributed by atoms with Crippen molar-refractivity contribution < 1.29 is 18.7 Å². The summed E-state index contributed by atoms with van der Waals surface area (Å²) < 4.78 is 30.0. The van der Waals surface area contributed by atoms with Crippen molar-refractivity contribution in [1.29, 1.82) is 0 Å². The van der Waals surface area contributed by atoms with Crippen molar-refractivity contribution in [2.75, 3.05) is 11.1 Å². The summed E-state index contributed by atoms with van der Waals surface area (Å²) in [4.78, 5) is 20.4. The molecule has 4 N–H and O–H groups in total. The lowest BCUT2D eigenvalue weighted by Gasteiger charge is -2.15. The number of carbonyl (C=O) groups excluding carboxylic acids is 1. The highest BCUT2D eigenvalue weighted by atomic mass is 19.1. The summed E-state index contributed by atoms with van der Waals surface area (Å²) in [7, 11) is 1.77. The van der Waals surface area contributed by atoms with E-state index in [1.54, 1.807) is 23.9 Å². The van der Waals surface area contributed by atoms with Crippen molar-refractivity contribution in [2.24, 2.45) is 7.05 Å². The number of halogens is 2. The van der Waals surface area contributed by atoms with Crippen molar-refractivity contribution in [1.82, 2.24) is 14.5 Å². The van der Waals surface area contributed by atoms with Gasteiger partial charge in [-0.05, 0) is 36.3 Å². The number of rotatable bonds is 4. The van der Waals surface area contributed by atoms with Crippen molar-refractivity contribution in [2.45, 2.75) is 18.9 Å². The van der Waals surface area contributed by atoms with Crippen molar-refractivity contribution >= 4 is 28.4 Å². The maximum absolute atomic E-state index is 14.9. The summed E-state index contributed by atoms with van der Waals surface area (Å²) in [6.45, 7) is 0. The summed E-state index contributed by atoms with van der Waals surface area (Å²) in [6, 6.07) is 4.15. The molecule has 2 aromatic heterocycles. The molecule has 1 aliphatic rings. The summed E-state index contributed by atoms with van der Waals surface area (Å²) in [5.74, 6) is -1.53. The Labute approximate surface area is 170 Å². The second-order valence-electron chi connectivity index (χ2n) is 7.03. The van der Waals surface area contributed by atoms with Gasteiger partial charge < -0.3 is 20.7 Å². The molecule has 1 aliphatic carbocycles. The average Bonchev–Trinajstić information content (AvgIpc) is 3.05. The van der Waals surface area contributed by atoms with E-state index < -0.39 is 23.7 Å². The number of nitrogens with zero attached hydrogens (tertiary/aromatic N) is 3. The highest BCUT2D eigenvalue weighted by molar-refractivity contribution is 6.01. The smallest absolute Gasteiger partial charge is 0.257 e. The molecule has 3 aromatic rings. The number of hydrogen-bond acceptors (Lipinski definition) is 5. The van der Waals surface area contributed by atoms with Gasteiger partial charge in [0.05, 0.1) is 5.39 Å². The van der Waals surface area contributed by atoms with E-state index in [0.29, 0.717) is 23.0 Å². The van der Waals surface area contributed by atoms with Gasteiger partial charge in [0.15, 0.2) is 6.10 Å². The molecule has 0 spiro atoms. The lowest BCUT2D eigenvalue weighted by atomic mass is 10.0. The molecule has 1 unspecified atom stereocenters. The first-order valence-electron chi connectivity index (χ1n) is 9.25. The van der Waals surface area contributed by atoms with E-state index in [2.05, 4.69) is 15.3 Å². The molecule has 1 amide bonds. The van der Waals surface area contributed by atoms with Crippen molar-refractivity contribution in [3.8, 4) is 11.1 Å². The molecule has 9 heteroatoms. The maximum Gasteiger partial charge on any atom is 0.257 e. The largest absolute Gasteiger partial charge is 0.383 e. The molecule has 0 bridgehead atoms. The molecule has 7 nitrogen and oxygen atoms in total. The molecule has 2 heterocycles. The molecule has 0 fully saturated rings. The predicted molar refractivity (Wildman–Crippen MR) is 109 cm³/mol. The molecule has 154 valence electrons. The number of hydrogen-bond donors (Lipinski definition) is 3. The van der Waals surface area contributed by atoms with Gasteiger partial charge in [-0.15, -0.1) is 0 Å². The molecule has 1 aromatic carbocycles. The predicted octanol–water partition coefficient (Wildman–Crippen LogP) is 3.23. The summed E-state index contributed by atoms with van der Waals surface area (Å²) >= 11 is 0. The Balaban J connectivity index is 1.60. The van der Waals surface area contributed by atoms with Crippen LogP contribution in [0.3, 0.4) is 0 Å². The number of nitrogens with two attached hydrogens (primary N) is 1. The third-order valence-corrected chi connectivity index (χ3v) is 4.96. The van der Waals surface area contributed by atoms with E-state index in [1.165, 1.54) is 18.5 Å². The van der Waals surface area contributed by atoms with Crippen LogP contribution in [0.5, 0.6) is 0 Å². The molecule has 30 heavy (non-hydrogen) atoms. The van der Waals surface area contributed by atoms with Gasteiger partial charge in [-0.25, -0.2) is 18.7 Å². The highest BCUT2D eigenvalue weighted by Crippen LogP contribution is 2.34. The number of anilines is 2. The Hall–Kier alpha value is -3.59. The van der Waals surface area contributed by atoms with Crippen LogP contribution in [0, 0.1) is 5.82 Å². The van der Waals surface area contributed by atoms with Gasteiger partial charge in [-0.3, -0.25) is 4.79 Å². The van der Waals surface area contributed by atoms with Crippen LogP contribution in [-0.2, 0) is 11.8 Å². The maximum atomic E-state index is 14.9. The number of fused-ring (bicyclic) bond motifs is 1. The standard InChI is InChI=1S/C21H19F2N5O2/c1-28-9-15(17-19(24)25-10-26-20(17)28)14-6-5-13(8-16(14)23)27-21(30)18(29)11-3-2-4-12(22)7-11/h3,5-10,18,29H,2,4H2,1H3,(H,27,30)(H2,24,25,26). The monoisotopic (exact) mass is 411 g/mol. The number of amides is 1. The van der Waals surface area contributed by atoms with Gasteiger partial charge in [-0.1, -0.05) is 6.08 Å². The van der Waals surface area contributed by atoms with E-state index in [9.17, 15) is 18.7 Å². The Bertz CT molecular complexity index is 1220. The third-order valence-electron chi connectivity index (χ3n) is 4.96. The molecular weight excluding hydrogens is 392 g/mol. The average molecular weight is 411 g/mol. The number of aryl methyl sites for hydroxylation is 1. The van der Waals surface area contributed by atoms with Crippen LogP contribution in [0.4, 0.5) is 20.3 Å². The van der Waals surface area contributed by atoms with Crippen LogP contribution < -0.4 is 11.1 Å². The fourth-order valence-corrected chi connectivity index (χ4v) is 3.49. The SMILES string of the molecule is Cn1cc(-c2ccc(NC(=O)C(O)C3=CCCC(F)=C3)cc2F)c2c(N)ncnc21. The van der Waals surface area contributed by atoms with Crippen LogP contribution >= 0.6 is 0 Å². The number of benzene rings is 1. The first kappa shape index (κ1) is 19.7. The summed E-state index contributed by atoms with van der Waals surface area (Å²) in [5, 5.41) is 13.1. The van der Waals surface area contributed by atoms with Gasteiger partial charge in [0, 0.05) is 36.5 Å². The van der Waals surface area contributed by atoms with Gasteiger partial charge in [0.25, 0.3) is 5.91 Å². The summed E-state index contributed by atoms with van der Waals surface area (Å²) in [5.41, 5.74) is 7.65. The van der Waals surface area contributed by atoms with Crippen LogP contribution in [0.15, 0.2) is 54.3 Å². The number of aliphatic hydroxyl groups is 1. The van der Waals surface area contributed by atoms with Crippen LogP contribution in [-0.4, -0.2) is 31.7 Å². The van der Waals surface area contributed by atoms with Crippen LogP contribution in [0.25, 0.3) is 22.2 Å². The van der Waals surface area contributed by atoms with E-state index in [4.69, 9.17) is 5.73 Å². The number of nitrogens with one attached hydrogen (secondary N) is 1. The Morgan fingerprint density at radius 1 is 1.30 bits per heavy atom. The minimum atomic E-state index is -1.55. The number of aliphatic hydroxyl groups excluding tert-OH is 1. The molecule has 0 radical (unpaired) electrons. The third kappa shape index (κ3) is 3.55. The zero-order valence-electron chi connectivity index (χ0n) is 16.1. The lowest BCUT2D eigenvalue weighted by molar-refractivity contribution is -0.122. The van der Waals surface area contributed by atoms with Gasteiger partial charge in [0.2, 0.25) is 0 Å². The van der Waals surface area contributed by atoms with E-state index in [1.807, 2.05) is 0 Å². The van der Waals surface area contributed by atoms with Crippen molar-refractivity contribution in [3.05, 3.63) is 60.1 Å². The van der Waals surface area contributed by atoms with E-state index in [0.717, 1.165) is 12.1 Å². The van der Waals surface area contributed by atoms with Gasteiger partial charge >= 0.3 is 0 Å². The minimum Gasteiger partial charge on any atom is -0.383 e. The first-order valence-corrected chi connectivity index (χ1v) is 9.25. The second-order valence-corrected chi connectivity index (χ2v) is 7.03. The Morgan fingerprint density at radius 2 is 2.10 bits per heavy atom. The first-order chi connectivity index (χ1) is 14.3. The normalized spacial score (nSPS) is 14.9. The summed E-state index contributed by atoms with van der Waals surface area (Å²) in [6.07, 6.45) is 4.89. The van der Waals surface area contributed by atoms with Gasteiger partial charge in [0.1, 0.15) is 29.4 Å². The van der Waals surface area contributed by atoms with Gasteiger partial charge in [-0.2, -0.15) is 0 Å². The highest BCUT2D eigenvalue weighted by Gasteiger charge is 2.22. The van der Waals surface area contributed by atoms with Crippen LogP contribution in [0.1, 0.15) is 12.8 Å². The quantitative estimate of drug-likeness (QED) is 0.611. The molecule has 1 atom stereocenters. The number of aromatic nitrogens is 3. The topological polar surface area (TPSA) is 106 Å². The molecule has 0 saturated carbocycles. The zero-order chi connectivity index (χ0) is 21.4. The zero-order valence-corrected chi connectivity index (χ0v) is 16.1. The molecule has 4 rings (SSSR count). The number of carbonyl (C=O) groups is 1. The molecular formula is C21H19F2N5O2. The second kappa shape index (κ2) is 7.68. The Morgan fingerprint density at radius 3 is 2.83 bits per heavy atom. The fourth-order valence-electron chi connectivity index (χ4n) is 3.49.